The van der Waals surface area contributed by atoms with Gasteiger partial charge in [0.15, 0.2) is 0 Å². The first kappa shape index (κ1) is 20.6. The minimum atomic E-state index is -4.42. The molecule has 7 nitrogen and oxygen atoms in total. The Labute approximate surface area is 162 Å². The maximum absolute atomic E-state index is 13.2. The largest absolute Gasteiger partial charge is 0.390 e. The Morgan fingerprint density at radius 3 is 2.50 bits per heavy atom. The molecule has 154 valence electrons. The molecule has 28 heavy (non-hydrogen) atoms. The molecular weight excluding hydrogens is 397 g/mol. The van der Waals surface area contributed by atoms with Crippen molar-refractivity contribution >= 4 is 28.0 Å². The lowest BCUT2D eigenvalue weighted by molar-refractivity contribution is -0.136. The molecule has 0 aromatic carbocycles. The summed E-state index contributed by atoms with van der Waals surface area (Å²) in [6, 6.07) is 0. The molecule has 1 fully saturated rings. The fraction of sp³-hybridized carbons (Fsp3) is 0.588. The summed E-state index contributed by atoms with van der Waals surface area (Å²) in [6.07, 6.45) is -3.24. The summed E-state index contributed by atoms with van der Waals surface area (Å²) in [5, 5.41) is 0.273. The van der Waals surface area contributed by atoms with Gasteiger partial charge in [0.05, 0.1) is 17.3 Å². The van der Waals surface area contributed by atoms with Gasteiger partial charge in [-0.3, -0.25) is 24.1 Å². The maximum atomic E-state index is 13.2. The van der Waals surface area contributed by atoms with Crippen LogP contribution < -0.4 is 22.1 Å². The van der Waals surface area contributed by atoms with E-state index in [0.717, 1.165) is 20.5 Å². The third kappa shape index (κ3) is 3.60. The van der Waals surface area contributed by atoms with Gasteiger partial charge in [-0.15, -0.1) is 11.3 Å². The quantitative estimate of drug-likeness (QED) is 0.391. The van der Waals surface area contributed by atoms with Gasteiger partial charge in [-0.2, -0.15) is 13.2 Å². The number of fused-ring (bicyclic) bond motifs is 1. The zero-order valence-electron chi connectivity index (χ0n) is 15.5. The molecule has 3 rings (SSSR count). The summed E-state index contributed by atoms with van der Waals surface area (Å²) in [6.45, 7) is 3.21. The van der Waals surface area contributed by atoms with E-state index in [2.05, 4.69) is 10.9 Å². The van der Waals surface area contributed by atoms with Crippen LogP contribution in [0.4, 0.5) is 13.2 Å². The average Bonchev–Trinajstić information content (AvgIpc) is 3.33. The number of halogens is 3. The zero-order chi connectivity index (χ0) is 20.7. The third-order valence-electron chi connectivity index (χ3n) is 5.30. The van der Waals surface area contributed by atoms with E-state index < -0.39 is 35.9 Å². The predicted octanol–water partition coefficient (Wildman–Crippen LogP) is 2.14. The van der Waals surface area contributed by atoms with E-state index in [4.69, 9.17) is 0 Å². The fourth-order valence-electron chi connectivity index (χ4n) is 3.47. The lowest BCUT2D eigenvalue weighted by Crippen LogP contribution is -2.45. The van der Waals surface area contributed by atoms with E-state index in [1.165, 1.54) is 0 Å². The lowest BCUT2D eigenvalue weighted by Gasteiger charge is -2.19. The summed E-state index contributed by atoms with van der Waals surface area (Å²) < 4.78 is 40.7. The number of aryl methyl sites for hydroxylation is 2. The molecule has 1 amide bonds. The molecule has 0 bridgehead atoms. The Morgan fingerprint density at radius 2 is 1.96 bits per heavy atom. The number of aromatic nitrogens is 2. The number of nitrogens with zero attached hydrogens (tertiary/aromatic N) is 2. The second kappa shape index (κ2) is 7.36. The molecule has 11 heteroatoms. The number of thiophene rings is 1. The van der Waals surface area contributed by atoms with Crippen molar-refractivity contribution in [3.63, 3.8) is 0 Å². The van der Waals surface area contributed by atoms with E-state index in [9.17, 15) is 27.6 Å². The van der Waals surface area contributed by atoms with Crippen molar-refractivity contribution in [2.45, 2.75) is 64.3 Å². The molecule has 0 radical (unpaired) electrons. The van der Waals surface area contributed by atoms with E-state index in [-0.39, 0.29) is 16.8 Å². The number of rotatable bonds is 8. The highest BCUT2D eigenvalue weighted by Gasteiger charge is 2.46. The zero-order valence-corrected chi connectivity index (χ0v) is 16.3. The molecule has 0 unspecified atom stereocenters. The van der Waals surface area contributed by atoms with E-state index >= 15 is 0 Å². The van der Waals surface area contributed by atoms with Gasteiger partial charge in [0.25, 0.3) is 5.56 Å². The van der Waals surface area contributed by atoms with Crippen molar-refractivity contribution in [2.24, 2.45) is 0 Å². The van der Waals surface area contributed by atoms with Crippen LogP contribution in [0.2, 0.25) is 0 Å². The summed E-state index contributed by atoms with van der Waals surface area (Å²) in [7, 11) is 0. The van der Waals surface area contributed by atoms with Crippen LogP contribution in [0.15, 0.2) is 9.59 Å². The third-order valence-corrected chi connectivity index (χ3v) is 6.61. The molecule has 2 aromatic heterocycles. The highest BCUT2D eigenvalue weighted by atomic mass is 32.1. The monoisotopic (exact) mass is 418 g/mol. The van der Waals surface area contributed by atoms with Crippen LogP contribution in [0.5, 0.6) is 0 Å². The number of carbonyl (C=O) groups excluding carboxylic acids is 1. The second-order valence-corrected chi connectivity index (χ2v) is 8.05. The number of hydrogen-bond donors (Lipinski definition) is 2. The predicted molar refractivity (Wildman–Crippen MR) is 99.3 cm³/mol. The molecule has 1 aliphatic rings. The van der Waals surface area contributed by atoms with E-state index in [1.807, 2.05) is 6.92 Å². The Balaban J connectivity index is 2.22. The van der Waals surface area contributed by atoms with Crippen molar-refractivity contribution in [3.05, 3.63) is 31.3 Å². The summed E-state index contributed by atoms with van der Waals surface area (Å²) in [5.74, 6) is 0. The topological polar surface area (TPSA) is 85.1 Å². The Hall–Kier alpha value is -2.14. The normalized spacial score (nSPS) is 15.8. The molecule has 2 heterocycles. The van der Waals surface area contributed by atoms with Crippen molar-refractivity contribution in [1.29, 1.82) is 0 Å². The van der Waals surface area contributed by atoms with Gasteiger partial charge < -0.3 is 0 Å². The standard InChI is InChI=1S/C17H21F3N4O3S/c1-3-16(4-5-16)24-13(26)12-10(2)11(8-21-22-9-25)28-14(12)23(15(24)27)7-6-17(18,19)20/h9,21H,3-8H2,1-2H3,(H,22,25). The first-order valence-electron chi connectivity index (χ1n) is 8.92. The van der Waals surface area contributed by atoms with E-state index in [1.54, 1.807) is 6.92 Å². The molecule has 0 spiro atoms. The first-order chi connectivity index (χ1) is 13.1. The molecule has 0 saturated heterocycles. The molecular formula is C17H21F3N4O3S. The molecule has 0 atom stereocenters. The van der Waals surface area contributed by atoms with Crippen LogP contribution in [-0.2, 0) is 23.4 Å². The smallest absolute Gasteiger partial charge is 0.294 e. The summed E-state index contributed by atoms with van der Waals surface area (Å²) >= 11 is 1.09. The Kier molecular flexibility index (Phi) is 5.41. The fourth-order valence-corrected chi connectivity index (χ4v) is 4.72. The molecule has 0 aliphatic heterocycles. The van der Waals surface area contributed by atoms with Crippen LogP contribution in [0.3, 0.4) is 0 Å². The second-order valence-electron chi connectivity index (χ2n) is 6.96. The first-order valence-corrected chi connectivity index (χ1v) is 9.74. The number of hydrogen-bond acceptors (Lipinski definition) is 5. The molecule has 2 N–H and O–H groups in total. The van der Waals surface area contributed by atoms with Crippen molar-refractivity contribution < 1.29 is 18.0 Å². The van der Waals surface area contributed by atoms with E-state index in [0.29, 0.717) is 36.1 Å². The minimum absolute atomic E-state index is 0.190. The van der Waals surface area contributed by atoms with Crippen molar-refractivity contribution in [2.75, 3.05) is 0 Å². The van der Waals surface area contributed by atoms with Crippen molar-refractivity contribution in [3.8, 4) is 0 Å². The Morgan fingerprint density at radius 1 is 1.29 bits per heavy atom. The van der Waals surface area contributed by atoms with Crippen LogP contribution in [0.1, 0.15) is 43.0 Å². The minimum Gasteiger partial charge on any atom is -0.294 e. The average molecular weight is 418 g/mol. The van der Waals surface area contributed by atoms with Gasteiger partial charge in [0.1, 0.15) is 4.83 Å². The van der Waals surface area contributed by atoms with Crippen LogP contribution in [0.25, 0.3) is 10.2 Å². The van der Waals surface area contributed by atoms with Gasteiger partial charge >= 0.3 is 11.9 Å². The number of carbonyl (C=O) groups is 1. The summed E-state index contributed by atoms with van der Waals surface area (Å²) in [4.78, 5) is 37.5. The highest BCUT2D eigenvalue weighted by molar-refractivity contribution is 7.18. The summed E-state index contributed by atoms with van der Waals surface area (Å²) in [5.41, 5.74) is 3.79. The lowest BCUT2D eigenvalue weighted by atomic mass is 10.1. The molecule has 1 aliphatic carbocycles. The van der Waals surface area contributed by atoms with Gasteiger partial charge in [-0.25, -0.2) is 10.2 Å². The number of nitrogens with one attached hydrogen (secondary N) is 2. The SMILES string of the molecule is CCC1(n2c(=O)c3c(C)c(CNNC=O)sc3n(CCC(F)(F)F)c2=O)CC1. The highest BCUT2D eigenvalue weighted by Crippen LogP contribution is 2.45. The van der Waals surface area contributed by atoms with Gasteiger partial charge in [-0.1, -0.05) is 6.92 Å². The molecule has 2 aromatic rings. The maximum Gasteiger partial charge on any atom is 0.390 e. The van der Waals surface area contributed by atoms with Crippen LogP contribution in [0, 0.1) is 6.92 Å². The number of alkyl halides is 3. The van der Waals surface area contributed by atoms with Gasteiger partial charge in [0, 0.05) is 18.0 Å². The Bertz CT molecular complexity index is 1020. The van der Waals surface area contributed by atoms with Gasteiger partial charge in [-0.05, 0) is 31.7 Å². The van der Waals surface area contributed by atoms with Gasteiger partial charge in [0.2, 0.25) is 6.41 Å². The van der Waals surface area contributed by atoms with Crippen LogP contribution >= 0.6 is 11.3 Å². The molecule has 1 saturated carbocycles. The number of hydrazine groups is 1. The van der Waals surface area contributed by atoms with Crippen molar-refractivity contribution in [1.82, 2.24) is 20.0 Å². The number of amides is 1. The van der Waals surface area contributed by atoms with Crippen LogP contribution in [-0.4, -0.2) is 21.7 Å².